The van der Waals surface area contributed by atoms with Gasteiger partial charge in [0.15, 0.2) is 0 Å². The first-order valence-electron chi connectivity index (χ1n) is 33.8. The van der Waals surface area contributed by atoms with Crippen molar-refractivity contribution in [2.24, 2.45) is 57.2 Å². The summed E-state index contributed by atoms with van der Waals surface area (Å²) in [5, 5.41) is 31.9. The number of phenols is 1. The van der Waals surface area contributed by atoms with Gasteiger partial charge >= 0.3 is 0 Å². The van der Waals surface area contributed by atoms with E-state index in [1.54, 1.807) is 17.7 Å². The number of allylic oxidation sites excluding steroid dienone is 1. The molecule has 3 fully saturated rings. The molecular formula is C76H124O4. The summed E-state index contributed by atoms with van der Waals surface area (Å²) in [6.45, 7) is 28.2. The third kappa shape index (κ3) is 20.3. The molecule has 4 nitrogen and oxygen atoms in total. The van der Waals surface area contributed by atoms with Crippen LogP contribution >= 0.6 is 0 Å². The highest BCUT2D eigenvalue weighted by molar-refractivity contribution is 5.29. The van der Waals surface area contributed by atoms with Gasteiger partial charge in [0.2, 0.25) is 5.79 Å². The Labute approximate surface area is 494 Å². The number of fused-ring (bicyclic) bond motifs is 5. The number of aliphatic hydroxyl groups excluding tert-OH is 1. The molecule has 80 heavy (non-hydrogen) atoms. The number of phenolic OH excluding ortho intramolecular Hbond substituents is 1. The molecule has 0 amide bonds. The smallest absolute Gasteiger partial charge is 0.220 e. The van der Waals surface area contributed by atoms with E-state index in [9.17, 15) is 15.3 Å². The summed E-state index contributed by atoms with van der Waals surface area (Å²) in [5.41, 5.74) is 4.72. The maximum absolute atomic E-state index is 12.5. The van der Waals surface area contributed by atoms with Crippen molar-refractivity contribution >= 4 is 0 Å². The zero-order valence-electron chi connectivity index (χ0n) is 53.9. The van der Waals surface area contributed by atoms with Gasteiger partial charge in [0.1, 0.15) is 11.5 Å². The van der Waals surface area contributed by atoms with Crippen LogP contribution in [0.25, 0.3) is 0 Å². The van der Waals surface area contributed by atoms with Crippen LogP contribution in [-0.4, -0.2) is 27.2 Å². The number of benzene rings is 3. The molecule has 7 rings (SSSR count). The van der Waals surface area contributed by atoms with Crippen molar-refractivity contribution in [1.29, 1.82) is 0 Å². The van der Waals surface area contributed by atoms with Crippen LogP contribution in [0.4, 0.5) is 0 Å². The molecule has 4 aliphatic rings. The molecule has 3 aromatic rings. The highest BCUT2D eigenvalue weighted by Crippen LogP contribution is 2.67. The second kappa shape index (κ2) is 33.4. The minimum absolute atomic E-state index is 0.0675. The number of para-hydroxylation sites is 1. The average molecular weight is 1100 g/mol. The molecule has 3 N–H and O–H groups in total. The summed E-state index contributed by atoms with van der Waals surface area (Å²) in [7, 11) is 0. The van der Waals surface area contributed by atoms with Gasteiger partial charge in [-0.3, -0.25) is 0 Å². The maximum atomic E-state index is 12.5. The lowest BCUT2D eigenvalue weighted by atomic mass is 9.47. The quantitative estimate of drug-likeness (QED) is 0.0353. The summed E-state index contributed by atoms with van der Waals surface area (Å²) >= 11 is 0. The summed E-state index contributed by atoms with van der Waals surface area (Å²) in [4.78, 5) is 0. The normalized spacial score (nSPS) is 25.1. The molecule has 0 spiro atoms. The zero-order chi connectivity index (χ0) is 58.2. The third-order valence-corrected chi connectivity index (χ3v) is 20.8. The van der Waals surface area contributed by atoms with E-state index in [-0.39, 0.29) is 17.4 Å². The van der Waals surface area contributed by atoms with E-state index in [0.717, 1.165) is 85.3 Å². The Bertz CT molecular complexity index is 2140. The van der Waals surface area contributed by atoms with E-state index in [4.69, 9.17) is 4.74 Å². The second-order valence-electron chi connectivity index (χ2n) is 29.4. The molecule has 3 aromatic carbocycles. The molecule has 10 atom stereocenters. The summed E-state index contributed by atoms with van der Waals surface area (Å²) in [5.74, 6) is 5.12. The highest BCUT2D eigenvalue weighted by Gasteiger charge is 2.59. The Morgan fingerprint density at radius 1 is 0.600 bits per heavy atom. The Hall–Kier alpha value is -3.08. The molecule has 2 unspecified atom stereocenters. The molecule has 0 aromatic heterocycles. The number of rotatable bonds is 30. The standard InChI is InChI=1S/C31H48O2.C27H46O.C18H30O/c1-7-8-9-10-11-12-19-24-28(26-20-15-13-16-21-26)31(32,30(5,6)25-29(2,3)4)33-27-22-17-14-18-23-27;1-18(2)7-6-8-19(3)23-11-12-24-22-10-9-20-17-21(28)13-15-26(20,4)25(22)14-16-27(23,24)5;1-2-3-4-5-6-7-8-9-10-11-12-17-13-15-18(19)16-14-17/h13-18,20-23,28,32H,7-12,19,24-25H2,1-6H3;9,18-19,21-25,28H,6-8,10-17H2,1-5H3;13-16,19H,2-12H2,1H3/t;19-,21+,22+,23-,24+,25+,26+,27-;/m.1./s1. The van der Waals surface area contributed by atoms with Crippen LogP contribution in [0.5, 0.6) is 11.5 Å². The molecule has 0 radical (unpaired) electrons. The fourth-order valence-electron chi connectivity index (χ4n) is 16.5. The minimum Gasteiger partial charge on any atom is -0.508 e. The fraction of sp³-hybridized carbons (Fsp3) is 0.737. The molecule has 4 heteroatoms. The van der Waals surface area contributed by atoms with Gasteiger partial charge in [-0.1, -0.05) is 277 Å². The Morgan fingerprint density at radius 2 is 1.16 bits per heavy atom. The van der Waals surface area contributed by atoms with Crippen molar-refractivity contribution in [3.63, 3.8) is 0 Å². The van der Waals surface area contributed by atoms with E-state index in [1.165, 1.54) is 166 Å². The van der Waals surface area contributed by atoms with Gasteiger partial charge in [-0.05, 0) is 164 Å². The summed E-state index contributed by atoms with van der Waals surface area (Å²) < 4.78 is 6.59. The predicted molar refractivity (Wildman–Crippen MR) is 344 cm³/mol. The average Bonchev–Trinajstić information content (AvgIpc) is 3.95. The van der Waals surface area contributed by atoms with E-state index in [2.05, 4.69) is 113 Å². The summed E-state index contributed by atoms with van der Waals surface area (Å²) in [6.07, 6.45) is 42.8. The van der Waals surface area contributed by atoms with Gasteiger partial charge in [0.05, 0.1) is 6.10 Å². The van der Waals surface area contributed by atoms with Crippen LogP contribution in [0.1, 0.15) is 293 Å². The van der Waals surface area contributed by atoms with Gasteiger partial charge in [0, 0.05) is 11.3 Å². The molecule has 0 heterocycles. The third-order valence-electron chi connectivity index (χ3n) is 20.8. The lowest BCUT2D eigenvalue weighted by Crippen LogP contribution is -2.55. The number of ether oxygens (including phenoxy) is 1. The maximum Gasteiger partial charge on any atom is 0.220 e. The molecular weight excluding hydrogens is 977 g/mol. The molecule has 3 saturated carbocycles. The van der Waals surface area contributed by atoms with Crippen LogP contribution in [0, 0.1) is 57.2 Å². The zero-order valence-corrected chi connectivity index (χ0v) is 53.9. The minimum atomic E-state index is -1.33. The number of aryl methyl sites for hydroxylation is 1. The van der Waals surface area contributed by atoms with Crippen molar-refractivity contribution in [2.45, 2.75) is 300 Å². The number of aromatic hydroxyl groups is 1. The molecule has 0 bridgehead atoms. The largest absolute Gasteiger partial charge is 0.508 e. The Morgan fingerprint density at radius 3 is 1.74 bits per heavy atom. The van der Waals surface area contributed by atoms with E-state index in [0.29, 0.717) is 16.6 Å². The number of unbranched alkanes of at least 4 members (excludes halogenated alkanes) is 15. The van der Waals surface area contributed by atoms with Gasteiger partial charge in [-0.15, -0.1) is 0 Å². The van der Waals surface area contributed by atoms with Gasteiger partial charge < -0.3 is 20.1 Å². The first-order chi connectivity index (χ1) is 38.2. The number of aliphatic hydroxyl groups is 2. The molecule has 0 aliphatic heterocycles. The summed E-state index contributed by atoms with van der Waals surface area (Å²) in [6, 6.07) is 28.0. The second-order valence-corrected chi connectivity index (χ2v) is 29.4. The first-order valence-corrected chi connectivity index (χ1v) is 33.8. The van der Waals surface area contributed by atoms with Crippen LogP contribution in [0.15, 0.2) is 96.6 Å². The van der Waals surface area contributed by atoms with Crippen LogP contribution in [0.3, 0.4) is 0 Å². The fourth-order valence-corrected chi connectivity index (χ4v) is 16.5. The van der Waals surface area contributed by atoms with Gasteiger partial charge in [0.25, 0.3) is 0 Å². The number of hydrogen-bond acceptors (Lipinski definition) is 4. The molecule has 4 aliphatic carbocycles. The van der Waals surface area contributed by atoms with Crippen LogP contribution < -0.4 is 4.74 Å². The van der Waals surface area contributed by atoms with E-state index >= 15 is 0 Å². The van der Waals surface area contributed by atoms with Crippen molar-refractivity contribution in [3.05, 3.63) is 108 Å². The first kappa shape index (κ1) is 67.7. The van der Waals surface area contributed by atoms with Gasteiger partial charge in [-0.25, -0.2) is 0 Å². The van der Waals surface area contributed by atoms with Crippen molar-refractivity contribution in [1.82, 2.24) is 0 Å². The monoisotopic (exact) mass is 1100 g/mol. The SMILES string of the molecule is CC(C)CCC[C@@H](C)[C@H]1CC[C@H]2[C@@H]3CC=C4C[C@@H](O)CC[C@]4(C)[C@H]3CC[C@]12C.CCCCCCCCCC(c1ccccc1)C(O)(Oc1ccccc1)C(C)(C)CC(C)(C)C.CCCCCCCCCCCCc1ccc(O)cc1. The highest BCUT2D eigenvalue weighted by atomic mass is 16.6. The van der Waals surface area contributed by atoms with E-state index in [1.807, 2.05) is 48.5 Å². The van der Waals surface area contributed by atoms with Crippen molar-refractivity contribution in [2.75, 3.05) is 0 Å². The lowest BCUT2D eigenvalue weighted by Gasteiger charge is -2.58. The van der Waals surface area contributed by atoms with Crippen LogP contribution in [0.2, 0.25) is 0 Å². The predicted octanol–water partition coefficient (Wildman–Crippen LogP) is 22.4. The Kier molecular flexibility index (Phi) is 28.3. The van der Waals surface area contributed by atoms with Gasteiger partial charge in [-0.2, -0.15) is 0 Å². The lowest BCUT2D eigenvalue weighted by molar-refractivity contribution is -0.238. The van der Waals surface area contributed by atoms with Crippen LogP contribution in [-0.2, 0) is 6.42 Å². The topological polar surface area (TPSA) is 69.9 Å². The Balaban J connectivity index is 0.000000228. The molecule has 452 valence electrons. The molecule has 0 saturated heterocycles. The van der Waals surface area contributed by atoms with Crippen molar-refractivity contribution < 1.29 is 20.1 Å². The van der Waals surface area contributed by atoms with E-state index < -0.39 is 11.2 Å². The number of hydrogen-bond donors (Lipinski definition) is 3. The van der Waals surface area contributed by atoms with Crippen molar-refractivity contribution in [3.8, 4) is 11.5 Å².